The number of halogens is 1. The summed E-state index contributed by atoms with van der Waals surface area (Å²) in [6, 6.07) is 15.6. The first-order valence-electron chi connectivity index (χ1n) is 12.1. The van der Waals surface area contributed by atoms with Crippen LogP contribution in [-0.4, -0.2) is 26.3 Å². The molecule has 2 aromatic carbocycles. The van der Waals surface area contributed by atoms with Gasteiger partial charge in [0.25, 0.3) is 5.91 Å². The summed E-state index contributed by atoms with van der Waals surface area (Å²) in [6.45, 7) is 1.83. The first-order valence-corrected chi connectivity index (χ1v) is 12.9. The maximum Gasteiger partial charge on any atom is 0.253 e. The summed E-state index contributed by atoms with van der Waals surface area (Å²) < 4.78 is 15.6. The monoisotopic (exact) mass is 513 g/mol. The van der Waals surface area contributed by atoms with Gasteiger partial charge in [-0.1, -0.05) is 29.5 Å². The SMILES string of the molecule is C[C@H](NC(=O)c1cn(C)c2ccc(-c3ccc4nc(NC(=O)C5CC5)sc4n3)cc12)c1cccc(F)c1. The number of carbonyl (C=O) groups excluding carboxylic acids is 2. The van der Waals surface area contributed by atoms with Crippen molar-refractivity contribution in [3.63, 3.8) is 0 Å². The second-order valence-electron chi connectivity index (χ2n) is 9.44. The smallest absolute Gasteiger partial charge is 0.253 e. The number of anilines is 1. The summed E-state index contributed by atoms with van der Waals surface area (Å²) >= 11 is 1.35. The summed E-state index contributed by atoms with van der Waals surface area (Å²) in [5.74, 6) is -0.444. The molecule has 0 radical (unpaired) electrons. The summed E-state index contributed by atoms with van der Waals surface area (Å²) in [5.41, 5.74) is 4.49. The van der Waals surface area contributed by atoms with Crippen molar-refractivity contribution in [3.8, 4) is 11.3 Å². The molecule has 0 unspecified atom stereocenters. The lowest BCUT2D eigenvalue weighted by Crippen LogP contribution is -2.26. The number of nitrogens with one attached hydrogen (secondary N) is 2. The summed E-state index contributed by atoms with van der Waals surface area (Å²) in [4.78, 5) is 35.3. The van der Waals surface area contributed by atoms with Gasteiger partial charge in [0.15, 0.2) is 5.13 Å². The molecular formula is C28H24FN5O2S. The number of rotatable bonds is 6. The Kier molecular flexibility index (Phi) is 5.72. The van der Waals surface area contributed by atoms with Gasteiger partial charge in [0.2, 0.25) is 5.91 Å². The van der Waals surface area contributed by atoms with E-state index >= 15 is 0 Å². The number of pyridine rings is 1. The molecule has 0 spiro atoms. The van der Waals surface area contributed by atoms with E-state index in [0.29, 0.717) is 16.3 Å². The van der Waals surface area contributed by atoms with Crippen molar-refractivity contribution in [3.05, 3.63) is 77.7 Å². The van der Waals surface area contributed by atoms with Crippen molar-refractivity contribution in [2.45, 2.75) is 25.8 Å². The number of fused-ring (bicyclic) bond motifs is 2. The third-order valence-electron chi connectivity index (χ3n) is 6.66. The maximum atomic E-state index is 13.7. The van der Waals surface area contributed by atoms with Crippen molar-refractivity contribution in [2.24, 2.45) is 13.0 Å². The van der Waals surface area contributed by atoms with Crippen LogP contribution in [0.2, 0.25) is 0 Å². The predicted octanol–water partition coefficient (Wildman–Crippen LogP) is 5.83. The van der Waals surface area contributed by atoms with E-state index in [2.05, 4.69) is 15.6 Å². The number of thiazole rings is 1. The van der Waals surface area contributed by atoms with Gasteiger partial charge < -0.3 is 15.2 Å². The molecule has 37 heavy (non-hydrogen) atoms. The van der Waals surface area contributed by atoms with Crippen LogP contribution in [0.4, 0.5) is 9.52 Å². The maximum absolute atomic E-state index is 13.7. The first-order chi connectivity index (χ1) is 17.9. The zero-order chi connectivity index (χ0) is 25.7. The highest BCUT2D eigenvalue weighted by Gasteiger charge is 2.30. The highest BCUT2D eigenvalue weighted by Crippen LogP contribution is 2.33. The second kappa shape index (κ2) is 9.08. The van der Waals surface area contributed by atoms with Crippen molar-refractivity contribution >= 4 is 49.5 Å². The minimum atomic E-state index is -0.355. The van der Waals surface area contributed by atoms with Crippen LogP contribution in [0.5, 0.6) is 0 Å². The van der Waals surface area contributed by atoms with Gasteiger partial charge in [-0.25, -0.2) is 14.4 Å². The average Bonchev–Trinajstić information content (AvgIpc) is 3.59. The molecular weight excluding hydrogens is 489 g/mol. The predicted molar refractivity (Wildman–Crippen MR) is 143 cm³/mol. The third kappa shape index (κ3) is 4.58. The van der Waals surface area contributed by atoms with E-state index < -0.39 is 0 Å². The van der Waals surface area contributed by atoms with Gasteiger partial charge in [-0.15, -0.1) is 0 Å². The van der Waals surface area contributed by atoms with E-state index in [0.717, 1.165) is 45.3 Å². The molecule has 1 saturated carbocycles. The number of carbonyl (C=O) groups is 2. The van der Waals surface area contributed by atoms with Crippen molar-refractivity contribution in [1.82, 2.24) is 19.9 Å². The number of benzene rings is 2. The fraction of sp³-hybridized carbons (Fsp3) is 0.214. The van der Waals surface area contributed by atoms with Crippen LogP contribution >= 0.6 is 11.3 Å². The quantitative estimate of drug-likeness (QED) is 0.299. The van der Waals surface area contributed by atoms with Crippen LogP contribution < -0.4 is 10.6 Å². The zero-order valence-corrected chi connectivity index (χ0v) is 21.1. The molecule has 0 saturated heterocycles. The molecule has 1 fully saturated rings. The number of nitrogens with zero attached hydrogens (tertiary/aromatic N) is 3. The van der Waals surface area contributed by atoms with E-state index in [1.165, 1.54) is 23.5 Å². The molecule has 9 heteroatoms. The summed E-state index contributed by atoms with van der Waals surface area (Å²) in [5, 5.41) is 7.23. The van der Waals surface area contributed by atoms with Gasteiger partial charge in [0.05, 0.1) is 17.3 Å². The Morgan fingerprint density at radius 2 is 1.95 bits per heavy atom. The lowest BCUT2D eigenvalue weighted by atomic mass is 10.0. The summed E-state index contributed by atoms with van der Waals surface area (Å²) in [7, 11) is 1.90. The second-order valence-corrected chi connectivity index (χ2v) is 10.4. The van der Waals surface area contributed by atoms with E-state index in [1.54, 1.807) is 18.3 Å². The molecule has 2 N–H and O–H groups in total. The Labute approximate surface area is 216 Å². The highest BCUT2D eigenvalue weighted by atomic mass is 32.1. The van der Waals surface area contributed by atoms with Gasteiger partial charge in [0, 0.05) is 35.6 Å². The van der Waals surface area contributed by atoms with Crippen LogP contribution in [-0.2, 0) is 11.8 Å². The Bertz CT molecular complexity index is 1690. The third-order valence-corrected chi connectivity index (χ3v) is 7.54. The van der Waals surface area contributed by atoms with Gasteiger partial charge in [0.1, 0.15) is 16.2 Å². The number of hydrogen-bond acceptors (Lipinski definition) is 5. The van der Waals surface area contributed by atoms with Gasteiger partial charge in [-0.2, -0.15) is 0 Å². The number of aromatic nitrogens is 3. The number of amides is 2. The normalized spacial score (nSPS) is 14.1. The molecule has 6 rings (SSSR count). The van der Waals surface area contributed by atoms with E-state index in [9.17, 15) is 14.0 Å². The molecule has 3 aromatic heterocycles. The fourth-order valence-corrected chi connectivity index (χ4v) is 5.29. The van der Waals surface area contributed by atoms with E-state index in [-0.39, 0.29) is 29.6 Å². The Balaban J connectivity index is 1.29. The summed E-state index contributed by atoms with van der Waals surface area (Å²) in [6.07, 6.45) is 3.67. The standard InChI is InChI=1S/C28H24FN5O2S/c1-15(17-4-3-5-19(29)12-17)30-26(36)21-14-34(2)24-11-8-18(13-20(21)24)22-9-10-23-27(31-22)37-28(32-23)33-25(35)16-6-7-16/h3-5,8-16H,6-7H2,1-2H3,(H,30,36)(H,32,33,35)/t15-/m0/s1. The lowest BCUT2D eigenvalue weighted by molar-refractivity contribution is -0.117. The van der Waals surface area contributed by atoms with Gasteiger partial charge >= 0.3 is 0 Å². The van der Waals surface area contributed by atoms with Gasteiger partial charge in [-0.05, 0) is 61.7 Å². The molecule has 1 aliphatic rings. The van der Waals surface area contributed by atoms with Crippen LogP contribution in [0.25, 0.3) is 32.5 Å². The van der Waals surface area contributed by atoms with E-state index in [1.807, 2.05) is 48.9 Å². The Morgan fingerprint density at radius 1 is 1.11 bits per heavy atom. The minimum absolute atomic E-state index is 0.0198. The first kappa shape index (κ1) is 23.3. The van der Waals surface area contributed by atoms with Gasteiger partial charge in [-0.3, -0.25) is 9.59 Å². The highest BCUT2D eigenvalue weighted by molar-refractivity contribution is 7.22. The van der Waals surface area contributed by atoms with Crippen molar-refractivity contribution in [1.29, 1.82) is 0 Å². The Hall–Kier alpha value is -4.11. The van der Waals surface area contributed by atoms with Crippen LogP contribution in [0.1, 0.15) is 41.7 Å². The lowest BCUT2D eigenvalue weighted by Gasteiger charge is -2.14. The number of aryl methyl sites for hydroxylation is 1. The van der Waals surface area contributed by atoms with Crippen molar-refractivity contribution < 1.29 is 14.0 Å². The molecule has 1 aliphatic carbocycles. The van der Waals surface area contributed by atoms with Crippen LogP contribution in [0.3, 0.4) is 0 Å². The molecule has 5 aromatic rings. The molecule has 2 amide bonds. The minimum Gasteiger partial charge on any atom is -0.350 e. The molecule has 0 aliphatic heterocycles. The topological polar surface area (TPSA) is 88.9 Å². The van der Waals surface area contributed by atoms with Crippen LogP contribution in [0, 0.1) is 11.7 Å². The molecule has 7 nitrogen and oxygen atoms in total. The van der Waals surface area contributed by atoms with E-state index in [4.69, 9.17) is 4.98 Å². The van der Waals surface area contributed by atoms with Crippen LogP contribution in [0.15, 0.2) is 60.8 Å². The van der Waals surface area contributed by atoms with Crippen molar-refractivity contribution in [2.75, 3.05) is 5.32 Å². The fourth-order valence-electron chi connectivity index (χ4n) is 4.45. The Morgan fingerprint density at radius 3 is 2.73 bits per heavy atom. The molecule has 186 valence electrons. The molecule has 0 bridgehead atoms. The molecule has 1 atom stereocenters. The zero-order valence-electron chi connectivity index (χ0n) is 20.3. The number of hydrogen-bond donors (Lipinski definition) is 2. The average molecular weight is 514 g/mol. The largest absolute Gasteiger partial charge is 0.350 e. The molecule has 3 heterocycles.